The van der Waals surface area contributed by atoms with E-state index < -0.39 is 18.2 Å². The van der Waals surface area contributed by atoms with E-state index >= 15 is 0 Å². The summed E-state index contributed by atoms with van der Waals surface area (Å²) in [7, 11) is 0. The number of rotatable bonds is 5. The Kier molecular flexibility index (Phi) is 4.56. The molecule has 1 amide bonds. The van der Waals surface area contributed by atoms with Crippen molar-refractivity contribution < 1.29 is 19.4 Å². The van der Waals surface area contributed by atoms with E-state index in [9.17, 15) is 9.59 Å². The number of hydrogen-bond donors (Lipinski definition) is 2. The third kappa shape index (κ3) is 3.21. The second-order valence-corrected chi connectivity index (χ2v) is 6.96. The van der Waals surface area contributed by atoms with Gasteiger partial charge in [0, 0.05) is 9.75 Å². The Labute approximate surface area is 135 Å². The predicted molar refractivity (Wildman–Crippen MR) is 84.2 cm³/mol. The Morgan fingerprint density at radius 1 is 1.14 bits per heavy atom. The zero-order valence-electron chi connectivity index (χ0n) is 11.6. The lowest BCUT2D eigenvalue weighted by molar-refractivity contribution is -0.151. The SMILES string of the molecule is O=C(NC(c1cccs1)c1cccs1)[C@@H]1CC[C@H](C(=O)O)O1. The molecule has 1 aliphatic rings. The molecule has 0 saturated carbocycles. The summed E-state index contributed by atoms with van der Waals surface area (Å²) in [5.41, 5.74) is 0. The fourth-order valence-corrected chi connectivity index (χ4v) is 4.10. The van der Waals surface area contributed by atoms with Crippen LogP contribution < -0.4 is 5.32 Å². The lowest BCUT2D eigenvalue weighted by Crippen LogP contribution is -2.37. The van der Waals surface area contributed by atoms with Crippen LogP contribution in [0.5, 0.6) is 0 Å². The van der Waals surface area contributed by atoms with Gasteiger partial charge in [0.1, 0.15) is 6.10 Å². The maximum absolute atomic E-state index is 12.4. The number of thiophene rings is 2. The van der Waals surface area contributed by atoms with Gasteiger partial charge in [0.2, 0.25) is 5.91 Å². The lowest BCUT2D eigenvalue weighted by atomic mass is 10.1. The van der Waals surface area contributed by atoms with Gasteiger partial charge in [-0.25, -0.2) is 4.79 Å². The number of carbonyl (C=O) groups excluding carboxylic acids is 1. The highest BCUT2D eigenvalue weighted by atomic mass is 32.1. The van der Waals surface area contributed by atoms with E-state index in [1.54, 1.807) is 22.7 Å². The molecule has 3 heterocycles. The molecule has 116 valence electrons. The van der Waals surface area contributed by atoms with Crippen molar-refractivity contribution in [2.24, 2.45) is 0 Å². The van der Waals surface area contributed by atoms with Gasteiger partial charge < -0.3 is 15.2 Å². The number of nitrogens with one attached hydrogen (secondary N) is 1. The Morgan fingerprint density at radius 3 is 2.18 bits per heavy atom. The maximum Gasteiger partial charge on any atom is 0.332 e. The first kappa shape index (κ1) is 15.2. The third-order valence-electron chi connectivity index (χ3n) is 3.53. The molecule has 0 aromatic carbocycles. The maximum atomic E-state index is 12.4. The number of carbonyl (C=O) groups is 2. The van der Waals surface area contributed by atoms with Crippen LogP contribution >= 0.6 is 22.7 Å². The molecule has 3 rings (SSSR count). The smallest absolute Gasteiger partial charge is 0.332 e. The molecule has 7 heteroatoms. The van der Waals surface area contributed by atoms with Gasteiger partial charge in [-0.2, -0.15) is 0 Å². The summed E-state index contributed by atoms with van der Waals surface area (Å²) in [4.78, 5) is 25.4. The van der Waals surface area contributed by atoms with Crippen LogP contribution in [0.3, 0.4) is 0 Å². The van der Waals surface area contributed by atoms with Crippen molar-refractivity contribution in [1.82, 2.24) is 5.32 Å². The first-order valence-corrected chi connectivity index (χ1v) is 8.66. The van der Waals surface area contributed by atoms with Crippen molar-refractivity contribution in [1.29, 1.82) is 0 Å². The fourth-order valence-electron chi connectivity index (χ4n) is 2.44. The van der Waals surface area contributed by atoms with E-state index in [1.165, 1.54) is 0 Å². The van der Waals surface area contributed by atoms with Gasteiger partial charge >= 0.3 is 5.97 Å². The van der Waals surface area contributed by atoms with Gasteiger partial charge in [0.15, 0.2) is 6.10 Å². The molecule has 1 saturated heterocycles. The topological polar surface area (TPSA) is 75.6 Å². The molecule has 0 unspecified atom stereocenters. The number of carboxylic acids is 1. The Bertz CT molecular complexity index is 604. The van der Waals surface area contributed by atoms with Gasteiger partial charge in [-0.1, -0.05) is 12.1 Å². The molecule has 2 atom stereocenters. The van der Waals surface area contributed by atoms with E-state index in [-0.39, 0.29) is 11.9 Å². The number of hydrogen-bond acceptors (Lipinski definition) is 5. The summed E-state index contributed by atoms with van der Waals surface area (Å²) in [6.07, 6.45) is -0.762. The monoisotopic (exact) mass is 337 g/mol. The predicted octanol–water partition coefficient (Wildman–Crippen LogP) is 2.65. The third-order valence-corrected chi connectivity index (χ3v) is 5.40. The van der Waals surface area contributed by atoms with Crippen LogP contribution in [0.1, 0.15) is 28.6 Å². The Hall–Kier alpha value is -1.70. The van der Waals surface area contributed by atoms with Gasteiger partial charge in [-0.05, 0) is 35.7 Å². The summed E-state index contributed by atoms with van der Waals surface area (Å²) in [6, 6.07) is 7.63. The molecular formula is C15H15NO4S2. The normalized spacial score (nSPS) is 21.1. The first-order chi connectivity index (χ1) is 10.6. The van der Waals surface area contributed by atoms with Crippen LogP contribution in [-0.4, -0.2) is 29.2 Å². The fraction of sp³-hybridized carbons (Fsp3) is 0.333. The molecule has 2 N–H and O–H groups in total. The van der Waals surface area contributed by atoms with Crippen LogP contribution in [0.15, 0.2) is 35.0 Å². The van der Waals surface area contributed by atoms with Gasteiger partial charge in [-0.15, -0.1) is 22.7 Å². The highest BCUT2D eigenvalue weighted by Crippen LogP contribution is 2.30. The number of amides is 1. The van der Waals surface area contributed by atoms with Crippen molar-refractivity contribution >= 4 is 34.6 Å². The van der Waals surface area contributed by atoms with Gasteiger partial charge in [0.25, 0.3) is 0 Å². The van der Waals surface area contributed by atoms with Crippen molar-refractivity contribution in [3.63, 3.8) is 0 Å². The summed E-state index contributed by atoms with van der Waals surface area (Å²) < 4.78 is 5.32. The van der Waals surface area contributed by atoms with E-state index in [4.69, 9.17) is 9.84 Å². The highest BCUT2D eigenvalue weighted by Gasteiger charge is 2.35. The molecule has 1 aliphatic heterocycles. The minimum absolute atomic E-state index is 0.208. The minimum Gasteiger partial charge on any atom is -0.479 e. The van der Waals surface area contributed by atoms with E-state index in [2.05, 4.69) is 5.32 Å². The zero-order valence-corrected chi connectivity index (χ0v) is 13.2. The summed E-state index contributed by atoms with van der Waals surface area (Å²) in [5.74, 6) is -1.26. The second-order valence-electron chi connectivity index (χ2n) is 5.00. The van der Waals surface area contributed by atoms with Crippen molar-refractivity contribution in [2.45, 2.75) is 31.1 Å². The second kappa shape index (κ2) is 6.60. The Balaban J connectivity index is 1.72. The largest absolute Gasteiger partial charge is 0.479 e. The summed E-state index contributed by atoms with van der Waals surface area (Å²) in [5, 5.41) is 15.9. The molecule has 2 aromatic heterocycles. The highest BCUT2D eigenvalue weighted by molar-refractivity contribution is 7.11. The number of aliphatic carboxylic acids is 1. The first-order valence-electron chi connectivity index (χ1n) is 6.90. The van der Waals surface area contributed by atoms with Crippen LogP contribution in [0.2, 0.25) is 0 Å². The molecule has 0 spiro atoms. The lowest BCUT2D eigenvalue weighted by Gasteiger charge is -2.19. The van der Waals surface area contributed by atoms with Crippen molar-refractivity contribution in [2.75, 3.05) is 0 Å². The quantitative estimate of drug-likeness (QED) is 0.879. The standard InChI is InChI=1S/C15H15NO4S2/c17-14(9-5-6-10(20-9)15(18)19)16-13(11-3-1-7-21-11)12-4-2-8-22-12/h1-4,7-10,13H,5-6H2,(H,16,17)(H,18,19)/t9-,10+/m0/s1. The number of carboxylic acid groups (broad SMARTS) is 1. The van der Waals surface area contributed by atoms with Crippen molar-refractivity contribution in [3.8, 4) is 0 Å². The summed E-state index contributed by atoms with van der Waals surface area (Å²) in [6.45, 7) is 0. The summed E-state index contributed by atoms with van der Waals surface area (Å²) >= 11 is 3.15. The van der Waals surface area contributed by atoms with E-state index in [0.29, 0.717) is 12.8 Å². The molecule has 22 heavy (non-hydrogen) atoms. The average Bonchev–Trinajstić information content (AvgIpc) is 3.26. The average molecular weight is 337 g/mol. The van der Waals surface area contributed by atoms with Crippen LogP contribution in [0.25, 0.3) is 0 Å². The molecule has 2 aromatic rings. The Morgan fingerprint density at radius 2 is 1.73 bits per heavy atom. The molecule has 5 nitrogen and oxygen atoms in total. The van der Waals surface area contributed by atoms with Gasteiger partial charge in [0.05, 0.1) is 6.04 Å². The molecule has 0 aliphatic carbocycles. The zero-order chi connectivity index (χ0) is 15.5. The van der Waals surface area contributed by atoms with E-state index in [0.717, 1.165) is 9.75 Å². The molecule has 0 radical (unpaired) electrons. The van der Waals surface area contributed by atoms with Crippen LogP contribution in [0.4, 0.5) is 0 Å². The van der Waals surface area contributed by atoms with Gasteiger partial charge in [-0.3, -0.25) is 4.79 Å². The van der Waals surface area contributed by atoms with Crippen LogP contribution in [0, 0.1) is 0 Å². The number of ether oxygens (including phenoxy) is 1. The molecule has 0 bridgehead atoms. The minimum atomic E-state index is -1.01. The van der Waals surface area contributed by atoms with E-state index in [1.807, 2.05) is 35.0 Å². The van der Waals surface area contributed by atoms with Crippen LogP contribution in [-0.2, 0) is 14.3 Å². The van der Waals surface area contributed by atoms with Crippen molar-refractivity contribution in [3.05, 3.63) is 44.8 Å². The molecular weight excluding hydrogens is 322 g/mol. The molecule has 1 fully saturated rings.